The molecule has 1 atom stereocenters. The molecule has 0 heterocycles. The van der Waals surface area contributed by atoms with Crippen LogP contribution >= 0.6 is 11.8 Å². The normalized spacial score (nSPS) is 13.2. The molecular weight excluding hydrogens is 316 g/mol. The molecule has 0 fully saturated rings. The molecule has 1 N–H and O–H groups in total. The van der Waals surface area contributed by atoms with Crippen LogP contribution in [0, 0.1) is 0 Å². The molecule has 3 heteroatoms. The van der Waals surface area contributed by atoms with Crippen LogP contribution < -0.4 is 0 Å². The molecule has 0 rings (SSSR count). The Bertz CT molecular complexity index is 200. The summed E-state index contributed by atoms with van der Waals surface area (Å²) < 4.78 is 0. The highest BCUT2D eigenvalue weighted by molar-refractivity contribution is 7.99. The van der Waals surface area contributed by atoms with Crippen molar-refractivity contribution in [1.82, 2.24) is 0 Å². The van der Waals surface area contributed by atoms with E-state index in [1.54, 1.807) is 0 Å². The molecule has 0 spiro atoms. The number of rotatable bonds is 16. The van der Waals surface area contributed by atoms with E-state index in [0.29, 0.717) is 0 Å². The molecule has 1 radical (unpaired) electrons. The first-order chi connectivity index (χ1) is 11.5. The zero-order chi connectivity index (χ0) is 18.5. The molecule has 1 unspecified atom stereocenters. The lowest BCUT2D eigenvalue weighted by molar-refractivity contribution is 0.154. The van der Waals surface area contributed by atoms with E-state index in [4.69, 9.17) is 5.11 Å². The first-order valence-electron chi connectivity index (χ1n) is 10.4. The van der Waals surface area contributed by atoms with Crippen LogP contribution in [0.3, 0.4) is 0 Å². The van der Waals surface area contributed by atoms with E-state index in [1.165, 1.54) is 88.8 Å². The number of unbranched alkanes of at least 4 members (excludes halogenated alkanes) is 13. The molecule has 147 valence electrons. The Morgan fingerprint density at radius 1 is 0.708 bits per heavy atom. The lowest BCUT2D eigenvalue weighted by atomic mass is 10.0. The summed E-state index contributed by atoms with van der Waals surface area (Å²) in [4.78, 5) is -0.500. The van der Waals surface area contributed by atoms with Gasteiger partial charge in [-0.3, -0.25) is 0 Å². The fourth-order valence-electron chi connectivity index (χ4n) is 2.44. The van der Waals surface area contributed by atoms with Gasteiger partial charge in [0.05, 0.1) is 6.61 Å². The van der Waals surface area contributed by atoms with Crippen molar-refractivity contribution < 1.29 is 10.2 Å². The average molecular weight is 362 g/mol. The largest absolute Gasteiger partial charge is 0.380 e. The van der Waals surface area contributed by atoms with Gasteiger partial charge in [0.2, 0.25) is 0 Å². The second-order valence-corrected chi connectivity index (χ2v) is 8.32. The van der Waals surface area contributed by atoms with Gasteiger partial charge in [0, 0.05) is 0 Å². The maximum atomic E-state index is 10.2. The third-order valence-electron chi connectivity index (χ3n) is 4.59. The lowest BCUT2D eigenvalue weighted by Crippen LogP contribution is -2.15. The highest BCUT2D eigenvalue weighted by atomic mass is 32.2. The number of thioether (sulfide) groups is 1. The van der Waals surface area contributed by atoms with Crippen molar-refractivity contribution in [2.24, 2.45) is 0 Å². The third-order valence-corrected chi connectivity index (χ3v) is 5.76. The number of aliphatic hydroxyl groups is 1. The van der Waals surface area contributed by atoms with Crippen LogP contribution in [-0.2, 0) is 5.11 Å². The summed E-state index contributed by atoms with van der Waals surface area (Å²) in [6, 6.07) is 0. The van der Waals surface area contributed by atoms with Gasteiger partial charge in [-0.25, -0.2) is 5.11 Å². The Balaban J connectivity index is 0. The maximum absolute atomic E-state index is 10.2. The first-order valence-corrected chi connectivity index (χ1v) is 11.6. The van der Waals surface area contributed by atoms with E-state index < -0.39 is 4.93 Å². The van der Waals surface area contributed by atoms with Gasteiger partial charge in [0.25, 0.3) is 0 Å². The molecule has 0 bridgehead atoms. The van der Waals surface area contributed by atoms with Gasteiger partial charge >= 0.3 is 0 Å². The van der Waals surface area contributed by atoms with Crippen molar-refractivity contribution in [1.29, 1.82) is 0 Å². The average Bonchev–Trinajstić information content (AvgIpc) is 2.59. The molecule has 24 heavy (non-hydrogen) atoms. The molecule has 0 aromatic carbocycles. The van der Waals surface area contributed by atoms with Crippen LogP contribution in [-0.4, -0.2) is 22.9 Å². The van der Waals surface area contributed by atoms with Gasteiger partial charge in [-0.1, -0.05) is 97.3 Å². The van der Waals surface area contributed by atoms with Crippen molar-refractivity contribution in [2.45, 2.75) is 122 Å². The summed E-state index contributed by atoms with van der Waals surface area (Å²) in [7, 11) is 0. The van der Waals surface area contributed by atoms with E-state index in [2.05, 4.69) is 6.92 Å². The zero-order valence-corrected chi connectivity index (χ0v) is 17.9. The van der Waals surface area contributed by atoms with E-state index in [1.807, 2.05) is 20.1 Å². The Kier molecular flexibility index (Phi) is 23.5. The molecule has 0 aliphatic carbocycles. The van der Waals surface area contributed by atoms with E-state index in [0.717, 1.165) is 19.3 Å². The van der Waals surface area contributed by atoms with Gasteiger partial charge in [0.1, 0.15) is 4.93 Å². The second-order valence-electron chi connectivity index (χ2n) is 7.03. The fraction of sp³-hybridized carbons (Fsp3) is 1.00. The smallest absolute Gasteiger partial charge is 0.107 e. The Hall–Kier alpha value is 0.270. The van der Waals surface area contributed by atoms with E-state index in [9.17, 15) is 5.11 Å². The Morgan fingerprint density at radius 3 is 1.25 bits per heavy atom. The molecule has 0 saturated carbocycles. The zero-order valence-electron chi connectivity index (χ0n) is 17.1. The van der Waals surface area contributed by atoms with Crippen molar-refractivity contribution in [3.05, 3.63) is 0 Å². The van der Waals surface area contributed by atoms with Crippen LogP contribution in [0.1, 0.15) is 117 Å². The van der Waals surface area contributed by atoms with Crippen molar-refractivity contribution in [3.63, 3.8) is 0 Å². The van der Waals surface area contributed by atoms with Crippen LogP contribution in [0.2, 0.25) is 0 Å². The summed E-state index contributed by atoms with van der Waals surface area (Å²) in [5, 5.41) is 19.3. The maximum Gasteiger partial charge on any atom is 0.107 e. The minimum atomic E-state index is -0.500. The van der Waals surface area contributed by atoms with Crippen LogP contribution in [0.25, 0.3) is 0 Å². The van der Waals surface area contributed by atoms with Crippen LogP contribution in [0.5, 0.6) is 0 Å². The Labute approximate surface area is 157 Å². The van der Waals surface area contributed by atoms with Gasteiger partial charge in [0.15, 0.2) is 0 Å². The third kappa shape index (κ3) is 24.5. The monoisotopic (exact) mass is 361 g/mol. The topological polar surface area (TPSA) is 40.1 Å². The molecule has 0 aliphatic heterocycles. The molecule has 0 aromatic heterocycles. The summed E-state index contributed by atoms with van der Waals surface area (Å²) in [6.45, 7) is 6.18. The minimum absolute atomic E-state index is 0.123. The summed E-state index contributed by atoms with van der Waals surface area (Å²) in [6.07, 6.45) is 21.6. The number of hydrogen-bond donors (Lipinski definition) is 1. The fourth-order valence-corrected chi connectivity index (χ4v) is 2.73. The number of hydrogen-bond acceptors (Lipinski definition) is 2. The minimum Gasteiger partial charge on any atom is -0.380 e. The predicted octanol–water partition coefficient (Wildman–Crippen LogP) is 7.37. The first kappa shape index (κ1) is 26.5. The summed E-state index contributed by atoms with van der Waals surface area (Å²) >= 11 is 1.48. The highest BCUT2D eigenvalue weighted by Crippen LogP contribution is 2.20. The molecule has 0 amide bonds. The lowest BCUT2D eigenvalue weighted by Gasteiger charge is -2.16. The van der Waals surface area contributed by atoms with E-state index >= 15 is 0 Å². The van der Waals surface area contributed by atoms with Gasteiger partial charge in [-0.15, -0.1) is 11.8 Å². The SMILES string of the molecule is CCC(C)(O)SC.CCCCCCCCCCCCCCCC[O]. The van der Waals surface area contributed by atoms with Crippen LogP contribution in [0.4, 0.5) is 0 Å². The van der Waals surface area contributed by atoms with Crippen molar-refractivity contribution in [3.8, 4) is 0 Å². The standard InChI is InChI=1S/C16H33O.C5H12OS/c1-2-3-4-5-6-7-8-9-10-11-12-13-14-15-16-17;1-4-5(2,6)7-3/h2-16H2,1H3;6H,4H2,1-3H3. The summed E-state index contributed by atoms with van der Waals surface area (Å²) in [5.74, 6) is 0. The summed E-state index contributed by atoms with van der Waals surface area (Å²) in [5.41, 5.74) is 0. The molecular formula is C21H45O2S. The molecule has 2 nitrogen and oxygen atoms in total. The Morgan fingerprint density at radius 2 is 1.04 bits per heavy atom. The second kappa shape index (κ2) is 21.3. The van der Waals surface area contributed by atoms with Gasteiger partial charge in [-0.2, -0.15) is 0 Å². The van der Waals surface area contributed by atoms with Crippen LogP contribution in [0.15, 0.2) is 0 Å². The molecule has 0 saturated heterocycles. The quantitative estimate of drug-likeness (QED) is 0.230. The van der Waals surface area contributed by atoms with Gasteiger partial charge < -0.3 is 5.11 Å². The molecule has 0 aromatic rings. The van der Waals surface area contributed by atoms with Crippen molar-refractivity contribution >= 4 is 11.8 Å². The highest BCUT2D eigenvalue weighted by Gasteiger charge is 2.13. The molecule has 0 aliphatic rings. The van der Waals surface area contributed by atoms with E-state index in [-0.39, 0.29) is 6.61 Å². The van der Waals surface area contributed by atoms with Crippen molar-refractivity contribution in [2.75, 3.05) is 12.9 Å². The predicted molar refractivity (Wildman–Crippen MR) is 110 cm³/mol. The van der Waals surface area contributed by atoms with Gasteiger partial charge in [-0.05, 0) is 26.0 Å².